The molecule has 0 bridgehead atoms. The quantitative estimate of drug-likeness (QED) is 0.587. The van der Waals surface area contributed by atoms with Crippen LogP contribution in [0.2, 0.25) is 0 Å². The predicted molar refractivity (Wildman–Crippen MR) is 120 cm³/mol. The summed E-state index contributed by atoms with van der Waals surface area (Å²) in [5, 5.41) is 4.44. The highest BCUT2D eigenvalue weighted by molar-refractivity contribution is 7.07. The molecule has 0 spiro atoms. The van der Waals surface area contributed by atoms with E-state index >= 15 is 0 Å². The Bertz CT molecular complexity index is 1380. The normalized spacial score (nSPS) is 16.3. The third-order valence-corrected chi connectivity index (χ3v) is 6.46. The Kier molecular flexibility index (Phi) is 5.49. The predicted octanol–water partition coefficient (Wildman–Crippen LogP) is 2.15. The van der Waals surface area contributed by atoms with Crippen molar-refractivity contribution < 1.29 is 9.53 Å². The molecular formula is C23H24N4O3S. The molecule has 8 heteroatoms. The Morgan fingerprint density at radius 3 is 2.55 bits per heavy atom. The summed E-state index contributed by atoms with van der Waals surface area (Å²) in [5.74, 6) is -0.453. The van der Waals surface area contributed by atoms with Crippen molar-refractivity contribution in [1.29, 1.82) is 0 Å². The number of nitrogens with zero attached hydrogens (tertiary/aromatic N) is 4. The van der Waals surface area contributed by atoms with Crippen molar-refractivity contribution in [2.45, 2.75) is 33.7 Å². The van der Waals surface area contributed by atoms with Gasteiger partial charge >= 0.3 is 5.97 Å². The van der Waals surface area contributed by atoms with Crippen molar-refractivity contribution in [3.8, 4) is 0 Å². The van der Waals surface area contributed by atoms with E-state index in [0.717, 1.165) is 22.5 Å². The number of aryl methyl sites for hydroxylation is 2. The molecule has 1 aliphatic heterocycles. The van der Waals surface area contributed by atoms with Crippen LogP contribution in [0.1, 0.15) is 42.4 Å². The number of carbonyl (C=O) groups is 1. The monoisotopic (exact) mass is 436 g/mol. The molecule has 3 heterocycles. The maximum absolute atomic E-state index is 13.5. The van der Waals surface area contributed by atoms with Gasteiger partial charge in [-0.1, -0.05) is 41.7 Å². The van der Waals surface area contributed by atoms with Crippen LogP contribution in [0, 0.1) is 13.8 Å². The minimum absolute atomic E-state index is 0.186. The van der Waals surface area contributed by atoms with E-state index < -0.39 is 12.0 Å². The number of fused-ring (bicyclic) bond motifs is 1. The molecule has 1 unspecified atom stereocenters. The summed E-state index contributed by atoms with van der Waals surface area (Å²) in [4.78, 5) is 31.5. The second-order valence-electron chi connectivity index (χ2n) is 7.42. The minimum Gasteiger partial charge on any atom is -0.463 e. The van der Waals surface area contributed by atoms with Crippen LogP contribution in [0.15, 0.2) is 51.4 Å². The van der Waals surface area contributed by atoms with Crippen LogP contribution in [-0.4, -0.2) is 26.9 Å². The SMILES string of the molecule is CCOC(=O)C1=C(C)N=c2s/c(=C/c3c(C)nn(C)c3C)c(=O)n2C1c1ccccc1. The number of aromatic nitrogens is 3. The summed E-state index contributed by atoms with van der Waals surface area (Å²) in [7, 11) is 1.88. The third-order valence-electron chi connectivity index (χ3n) is 5.47. The average molecular weight is 437 g/mol. The number of hydrogen-bond donors (Lipinski definition) is 0. The largest absolute Gasteiger partial charge is 0.463 e. The highest BCUT2D eigenvalue weighted by Crippen LogP contribution is 2.30. The molecule has 31 heavy (non-hydrogen) atoms. The number of thiazole rings is 1. The first-order valence-electron chi connectivity index (χ1n) is 10.1. The second kappa shape index (κ2) is 8.11. The van der Waals surface area contributed by atoms with E-state index in [-0.39, 0.29) is 12.2 Å². The van der Waals surface area contributed by atoms with Crippen molar-refractivity contribution >= 4 is 23.4 Å². The van der Waals surface area contributed by atoms with Gasteiger partial charge in [-0.2, -0.15) is 5.10 Å². The first kappa shape index (κ1) is 21.0. The zero-order valence-electron chi connectivity index (χ0n) is 18.2. The molecule has 0 fully saturated rings. The Balaban J connectivity index is 1.99. The summed E-state index contributed by atoms with van der Waals surface area (Å²) < 4.78 is 9.26. The fourth-order valence-corrected chi connectivity index (χ4v) is 4.90. The van der Waals surface area contributed by atoms with Gasteiger partial charge in [0.25, 0.3) is 5.56 Å². The van der Waals surface area contributed by atoms with Crippen LogP contribution < -0.4 is 14.9 Å². The molecule has 0 saturated heterocycles. The Morgan fingerprint density at radius 1 is 1.23 bits per heavy atom. The number of hydrogen-bond acceptors (Lipinski definition) is 6. The third kappa shape index (κ3) is 3.57. The van der Waals surface area contributed by atoms with Gasteiger partial charge in [0.2, 0.25) is 0 Å². The first-order chi connectivity index (χ1) is 14.8. The summed E-state index contributed by atoms with van der Waals surface area (Å²) >= 11 is 1.32. The lowest BCUT2D eigenvalue weighted by Crippen LogP contribution is -2.39. The molecule has 0 radical (unpaired) electrons. The molecule has 0 aliphatic carbocycles. The Labute approximate surface area is 183 Å². The van der Waals surface area contributed by atoms with Gasteiger partial charge in [0.15, 0.2) is 4.80 Å². The number of ether oxygens (including phenoxy) is 1. The van der Waals surface area contributed by atoms with Crippen molar-refractivity contribution in [2.75, 3.05) is 6.61 Å². The van der Waals surface area contributed by atoms with E-state index in [1.54, 1.807) is 23.1 Å². The van der Waals surface area contributed by atoms with Gasteiger partial charge in [0.1, 0.15) is 0 Å². The fraction of sp³-hybridized carbons (Fsp3) is 0.304. The van der Waals surface area contributed by atoms with E-state index in [2.05, 4.69) is 10.1 Å². The van der Waals surface area contributed by atoms with Crippen LogP contribution in [-0.2, 0) is 16.6 Å². The fourth-order valence-electron chi connectivity index (χ4n) is 3.87. The number of benzene rings is 1. The second-order valence-corrected chi connectivity index (χ2v) is 8.43. The van der Waals surface area contributed by atoms with Crippen molar-refractivity contribution in [3.63, 3.8) is 0 Å². The molecule has 3 aromatic rings. The van der Waals surface area contributed by atoms with Crippen LogP contribution >= 0.6 is 11.3 Å². The minimum atomic E-state index is -0.588. The highest BCUT2D eigenvalue weighted by Gasteiger charge is 2.33. The summed E-state index contributed by atoms with van der Waals surface area (Å²) in [6.45, 7) is 7.69. The van der Waals surface area contributed by atoms with Gasteiger partial charge in [-0.3, -0.25) is 14.0 Å². The maximum Gasteiger partial charge on any atom is 0.338 e. The van der Waals surface area contributed by atoms with Gasteiger partial charge in [0.05, 0.1) is 34.1 Å². The van der Waals surface area contributed by atoms with E-state index in [1.165, 1.54) is 11.3 Å². The van der Waals surface area contributed by atoms with Gasteiger partial charge in [-0.25, -0.2) is 9.79 Å². The highest BCUT2D eigenvalue weighted by atomic mass is 32.1. The van der Waals surface area contributed by atoms with Gasteiger partial charge in [0, 0.05) is 18.3 Å². The van der Waals surface area contributed by atoms with E-state index in [9.17, 15) is 9.59 Å². The van der Waals surface area contributed by atoms with Gasteiger partial charge in [-0.05, 0) is 39.3 Å². The van der Waals surface area contributed by atoms with Crippen LogP contribution in [0.4, 0.5) is 0 Å². The maximum atomic E-state index is 13.5. The molecule has 0 saturated carbocycles. The van der Waals surface area contributed by atoms with E-state index in [0.29, 0.717) is 20.6 Å². The topological polar surface area (TPSA) is 78.5 Å². The number of esters is 1. The molecule has 0 amide bonds. The van der Waals surface area contributed by atoms with Crippen molar-refractivity contribution in [3.05, 3.63) is 83.8 Å². The molecule has 0 N–H and O–H groups in total. The zero-order valence-corrected chi connectivity index (χ0v) is 19.0. The lowest BCUT2D eigenvalue weighted by molar-refractivity contribution is -0.139. The molecule has 1 atom stereocenters. The van der Waals surface area contributed by atoms with Crippen LogP contribution in [0.5, 0.6) is 0 Å². The van der Waals surface area contributed by atoms with Crippen molar-refractivity contribution in [2.24, 2.45) is 12.0 Å². The first-order valence-corrected chi connectivity index (χ1v) is 10.9. The molecular weight excluding hydrogens is 412 g/mol. The standard InChI is InChI=1S/C23H24N4O3S/c1-6-30-22(29)19-14(3)24-23-27(20(19)16-10-8-7-9-11-16)21(28)18(31-23)12-17-13(2)25-26(5)15(17)4/h7-12,20H,6H2,1-5H3/b18-12+. The lowest BCUT2D eigenvalue weighted by atomic mass is 9.96. The van der Waals surface area contributed by atoms with Crippen molar-refractivity contribution in [1.82, 2.24) is 14.3 Å². The van der Waals surface area contributed by atoms with Crippen LogP contribution in [0.25, 0.3) is 6.08 Å². The Hall–Kier alpha value is -3.26. The molecule has 7 nitrogen and oxygen atoms in total. The summed E-state index contributed by atoms with van der Waals surface area (Å²) in [5.41, 5.74) is 4.36. The molecule has 1 aromatic carbocycles. The van der Waals surface area contributed by atoms with E-state index in [4.69, 9.17) is 4.74 Å². The zero-order chi connectivity index (χ0) is 22.3. The summed E-state index contributed by atoms with van der Waals surface area (Å²) in [6.07, 6.45) is 1.87. The molecule has 4 rings (SSSR count). The van der Waals surface area contributed by atoms with E-state index in [1.807, 2.05) is 57.3 Å². The Morgan fingerprint density at radius 2 is 1.94 bits per heavy atom. The average Bonchev–Trinajstić information content (AvgIpc) is 3.17. The molecule has 160 valence electrons. The lowest BCUT2D eigenvalue weighted by Gasteiger charge is -2.24. The number of rotatable bonds is 4. The molecule has 2 aromatic heterocycles. The summed E-state index contributed by atoms with van der Waals surface area (Å²) in [6, 6.07) is 8.93. The molecule has 1 aliphatic rings. The van der Waals surface area contributed by atoms with Gasteiger partial charge < -0.3 is 4.74 Å². The number of allylic oxidation sites excluding steroid dienone is 1. The van der Waals surface area contributed by atoms with Crippen LogP contribution in [0.3, 0.4) is 0 Å². The smallest absolute Gasteiger partial charge is 0.338 e. The number of carbonyl (C=O) groups excluding carboxylic acids is 1. The van der Waals surface area contributed by atoms with Gasteiger partial charge in [-0.15, -0.1) is 0 Å².